The zero-order valence-corrected chi connectivity index (χ0v) is 23.3. The minimum absolute atomic E-state index is 0.343. The van der Waals surface area contributed by atoms with Crippen LogP contribution in [0.15, 0.2) is 45.4 Å². The van der Waals surface area contributed by atoms with Gasteiger partial charge in [0.15, 0.2) is 17.3 Å². The van der Waals surface area contributed by atoms with E-state index in [1.54, 1.807) is 17.2 Å². The number of hydrogen-bond acceptors (Lipinski definition) is 7. The molecule has 1 atom stereocenters. The molecular weight excluding hydrogens is 499 g/mol. The van der Waals surface area contributed by atoms with Crippen molar-refractivity contribution in [3.63, 3.8) is 0 Å². The Morgan fingerprint density at radius 1 is 1.16 bits per heavy atom. The first-order valence-corrected chi connectivity index (χ1v) is 15.3. The minimum Gasteiger partial charge on any atom is -0.324 e. The first kappa shape index (κ1) is 24.9. The Balaban J connectivity index is 1.40. The third-order valence-electron chi connectivity index (χ3n) is 7.54. The maximum absolute atomic E-state index is 14.9. The second-order valence-corrected chi connectivity index (χ2v) is 13.7. The molecule has 0 saturated carbocycles. The van der Waals surface area contributed by atoms with Crippen LogP contribution in [0, 0.1) is 12.7 Å². The standard InChI is InChI=1S/C28H33FN8S/c1-17-9-10-24(33-26(17)35-38(4,5)30-2)37-16-23(29)22-13-31-28(34-27(22)37)32-21-11-18-7-6-8-19-14-36(3)15-20(12-21)25(18)19/h9-13,16,19H,6-8,14-15H2,1-5H3,(H,31,32,34). The second kappa shape index (κ2) is 9.43. The zero-order valence-electron chi connectivity index (χ0n) is 22.5. The molecule has 0 spiro atoms. The SMILES string of the molecule is CN=S(C)(C)=Nc1nc(-n2cc(F)c3cnc(Nc4cc5c6c(c4)CN(C)CC6CCC5)nc32)ccc1C. The lowest BCUT2D eigenvalue weighted by molar-refractivity contribution is 0.266. The fourth-order valence-electron chi connectivity index (χ4n) is 5.63. The molecule has 0 fully saturated rings. The van der Waals surface area contributed by atoms with Crippen LogP contribution in [0.3, 0.4) is 0 Å². The summed E-state index contributed by atoms with van der Waals surface area (Å²) in [5, 5.41) is 3.74. The van der Waals surface area contributed by atoms with E-state index in [-0.39, 0.29) is 0 Å². The molecule has 1 N–H and O–H groups in total. The average molecular weight is 533 g/mol. The molecule has 1 aliphatic heterocycles. The number of halogens is 1. The first-order valence-electron chi connectivity index (χ1n) is 12.9. The highest BCUT2D eigenvalue weighted by atomic mass is 32.2. The lowest BCUT2D eigenvalue weighted by Crippen LogP contribution is -2.33. The molecule has 0 radical (unpaired) electrons. The Kier molecular flexibility index (Phi) is 6.19. The van der Waals surface area contributed by atoms with Gasteiger partial charge in [0.25, 0.3) is 0 Å². The fourth-order valence-corrected chi connectivity index (χ4v) is 6.32. The highest BCUT2D eigenvalue weighted by molar-refractivity contribution is 7.94. The van der Waals surface area contributed by atoms with Gasteiger partial charge in [-0.1, -0.05) is 15.7 Å². The summed E-state index contributed by atoms with van der Waals surface area (Å²) in [7, 11) is 2.44. The van der Waals surface area contributed by atoms with Gasteiger partial charge >= 0.3 is 0 Å². The molecular formula is C28H33FN8S. The number of benzene rings is 1. The van der Waals surface area contributed by atoms with Crippen LogP contribution in [-0.4, -0.2) is 57.6 Å². The molecule has 38 heavy (non-hydrogen) atoms. The van der Waals surface area contributed by atoms with Crippen LogP contribution < -0.4 is 5.32 Å². The summed E-state index contributed by atoms with van der Waals surface area (Å²) in [5.41, 5.74) is 6.71. The van der Waals surface area contributed by atoms with Crippen LogP contribution >= 0.6 is 0 Å². The van der Waals surface area contributed by atoms with Gasteiger partial charge in [-0.2, -0.15) is 9.35 Å². The van der Waals surface area contributed by atoms with Gasteiger partial charge in [-0.15, -0.1) is 0 Å². The molecule has 0 amide bonds. The summed E-state index contributed by atoms with van der Waals surface area (Å²) in [5.74, 6) is 1.81. The van der Waals surface area contributed by atoms with Crippen molar-refractivity contribution >= 4 is 38.1 Å². The lowest BCUT2D eigenvalue weighted by atomic mass is 9.77. The number of rotatable bonds is 4. The third kappa shape index (κ3) is 4.56. The van der Waals surface area contributed by atoms with Crippen LogP contribution in [0.4, 0.5) is 21.8 Å². The Hall–Kier alpha value is -3.37. The summed E-state index contributed by atoms with van der Waals surface area (Å²) in [6.07, 6.45) is 10.5. The maximum atomic E-state index is 14.9. The predicted molar refractivity (Wildman–Crippen MR) is 153 cm³/mol. The Morgan fingerprint density at radius 3 is 2.79 bits per heavy atom. The van der Waals surface area contributed by atoms with Crippen molar-refractivity contribution in [3.8, 4) is 5.82 Å². The molecule has 2 aliphatic rings. The summed E-state index contributed by atoms with van der Waals surface area (Å²) in [6, 6.07) is 8.26. The molecule has 1 aliphatic carbocycles. The largest absolute Gasteiger partial charge is 0.324 e. The molecule has 3 aromatic heterocycles. The van der Waals surface area contributed by atoms with Crippen LogP contribution in [0.2, 0.25) is 0 Å². The second-order valence-electron chi connectivity index (χ2n) is 10.7. The number of fused-ring (bicyclic) bond motifs is 1. The number of pyridine rings is 1. The molecule has 0 bridgehead atoms. The van der Waals surface area contributed by atoms with E-state index in [2.05, 4.69) is 38.7 Å². The number of hydrogen-bond donors (Lipinski definition) is 1. The van der Waals surface area contributed by atoms with Crippen molar-refractivity contribution in [2.45, 2.75) is 38.6 Å². The first-order chi connectivity index (χ1) is 18.2. The van der Waals surface area contributed by atoms with Crippen molar-refractivity contribution in [1.82, 2.24) is 24.4 Å². The van der Waals surface area contributed by atoms with Crippen molar-refractivity contribution in [1.29, 1.82) is 0 Å². The number of aryl methyl sites for hydroxylation is 2. The number of aromatic nitrogens is 4. The number of likely N-dealkylation sites (N-methyl/N-ethyl adjacent to an activating group) is 1. The van der Waals surface area contributed by atoms with Gasteiger partial charge in [-0.25, -0.2) is 14.4 Å². The number of nitrogens with zero attached hydrogens (tertiary/aromatic N) is 7. The Morgan fingerprint density at radius 2 is 1.97 bits per heavy atom. The molecule has 10 heteroatoms. The van der Waals surface area contributed by atoms with Gasteiger partial charge in [0, 0.05) is 50.7 Å². The van der Waals surface area contributed by atoms with Gasteiger partial charge in [0.2, 0.25) is 5.95 Å². The summed E-state index contributed by atoms with van der Waals surface area (Å²) in [4.78, 5) is 16.3. The van der Waals surface area contributed by atoms with Crippen molar-refractivity contribution in [2.24, 2.45) is 8.73 Å². The van der Waals surface area contributed by atoms with Gasteiger partial charge in [0.05, 0.1) is 5.39 Å². The molecule has 1 aromatic carbocycles. The molecule has 8 nitrogen and oxygen atoms in total. The van der Waals surface area contributed by atoms with Gasteiger partial charge in [-0.3, -0.25) is 8.93 Å². The number of anilines is 2. The molecule has 198 valence electrons. The van der Waals surface area contributed by atoms with E-state index in [4.69, 9.17) is 14.3 Å². The monoisotopic (exact) mass is 532 g/mol. The Labute approximate surface area is 223 Å². The van der Waals surface area contributed by atoms with Gasteiger partial charge in [0.1, 0.15) is 5.82 Å². The van der Waals surface area contributed by atoms with Crippen molar-refractivity contribution < 1.29 is 4.39 Å². The molecule has 6 rings (SSSR count). The molecule has 0 saturated heterocycles. The van der Waals surface area contributed by atoms with E-state index >= 15 is 0 Å². The predicted octanol–water partition coefficient (Wildman–Crippen LogP) is 5.91. The van der Waals surface area contributed by atoms with E-state index in [0.717, 1.165) is 30.8 Å². The van der Waals surface area contributed by atoms with Gasteiger partial charge < -0.3 is 10.2 Å². The van der Waals surface area contributed by atoms with E-state index in [1.165, 1.54) is 36.4 Å². The lowest BCUT2D eigenvalue weighted by Gasteiger charge is -2.37. The topological polar surface area (TPSA) is 83.6 Å². The normalized spacial score (nSPS) is 17.4. The smallest absolute Gasteiger partial charge is 0.229 e. The summed E-state index contributed by atoms with van der Waals surface area (Å²) in [6.45, 7) is 4.03. The molecule has 4 heterocycles. The quantitative estimate of drug-likeness (QED) is 0.353. The fraction of sp³-hybridized carbons (Fsp3) is 0.393. The number of nitrogens with one attached hydrogen (secondary N) is 1. The van der Waals surface area contributed by atoms with Crippen LogP contribution in [0.5, 0.6) is 0 Å². The van der Waals surface area contributed by atoms with Crippen LogP contribution in [-0.2, 0) is 22.6 Å². The zero-order chi connectivity index (χ0) is 26.6. The van der Waals surface area contributed by atoms with Crippen molar-refractivity contribution in [3.05, 3.63) is 64.7 Å². The highest BCUT2D eigenvalue weighted by Crippen LogP contribution is 2.40. The minimum atomic E-state index is -1.52. The van der Waals surface area contributed by atoms with E-state index < -0.39 is 15.4 Å². The van der Waals surface area contributed by atoms with Gasteiger partial charge in [-0.05, 0) is 79.6 Å². The molecule has 1 unspecified atom stereocenters. The van der Waals surface area contributed by atoms with Crippen LogP contribution in [0.25, 0.3) is 16.9 Å². The maximum Gasteiger partial charge on any atom is 0.229 e. The summed E-state index contributed by atoms with van der Waals surface area (Å²) < 4.78 is 25.8. The molecule has 4 aromatic rings. The average Bonchev–Trinajstić information content (AvgIpc) is 3.20. The van der Waals surface area contributed by atoms with E-state index in [9.17, 15) is 4.39 Å². The van der Waals surface area contributed by atoms with E-state index in [0.29, 0.717) is 34.5 Å². The van der Waals surface area contributed by atoms with E-state index in [1.807, 2.05) is 31.6 Å². The van der Waals surface area contributed by atoms with Crippen molar-refractivity contribution in [2.75, 3.05) is 38.5 Å². The summed E-state index contributed by atoms with van der Waals surface area (Å²) >= 11 is 0. The van der Waals surface area contributed by atoms with Crippen LogP contribution in [0.1, 0.15) is 41.0 Å². The third-order valence-corrected chi connectivity index (χ3v) is 9.06. The highest BCUT2D eigenvalue weighted by Gasteiger charge is 2.29. The Bertz CT molecular complexity index is 1690.